The largest absolute Gasteiger partial charge is 0.507 e. The lowest BCUT2D eigenvalue weighted by atomic mass is 9.99. The summed E-state index contributed by atoms with van der Waals surface area (Å²) in [5, 5.41) is 10.9. The third kappa shape index (κ3) is 4.72. The third-order valence-electron chi connectivity index (χ3n) is 6.97. The second-order valence-corrected chi connectivity index (χ2v) is 9.24. The number of allylic oxidation sites excluding steroid dienone is 1. The van der Waals surface area contributed by atoms with Crippen molar-refractivity contribution in [3.05, 3.63) is 70.6 Å². The Kier molecular flexibility index (Phi) is 7.11. The zero-order valence-electron chi connectivity index (χ0n) is 22.0. The molecule has 0 amide bonds. The first kappa shape index (κ1) is 25.4. The number of pyridine rings is 1. The molecule has 38 heavy (non-hydrogen) atoms. The van der Waals surface area contributed by atoms with Crippen molar-refractivity contribution in [2.24, 2.45) is 0 Å². The molecule has 5 rings (SSSR count). The molecule has 0 spiro atoms. The van der Waals surface area contributed by atoms with Gasteiger partial charge in [0.25, 0.3) is 0 Å². The van der Waals surface area contributed by atoms with Gasteiger partial charge in [0.1, 0.15) is 23.1 Å². The van der Waals surface area contributed by atoms with E-state index in [0.29, 0.717) is 51.8 Å². The van der Waals surface area contributed by atoms with Crippen LogP contribution in [0.1, 0.15) is 27.0 Å². The number of phenolic OH excluding ortho intramolecular Hbond substituents is 1. The van der Waals surface area contributed by atoms with Gasteiger partial charge in [0.2, 0.25) is 5.78 Å². The number of benzene rings is 2. The summed E-state index contributed by atoms with van der Waals surface area (Å²) < 4.78 is 22.5. The molecule has 0 radical (unpaired) electrons. The van der Waals surface area contributed by atoms with Crippen LogP contribution in [0.5, 0.6) is 28.7 Å². The van der Waals surface area contributed by atoms with Crippen molar-refractivity contribution in [3.8, 4) is 28.7 Å². The number of phenols is 1. The van der Waals surface area contributed by atoms with Gasteiger partial charge < -0.3 is 29.0 Å². The van der Waals surface area contributed by atoms with Crippen LogP contribution in [0.3, 0.4) is 0 Å². The molecule has 0 unspecified atom stereocenters. The van der Waals surface area contributed by atoms with Gasteiger partial charge in [0, 0.05) is 50.6 Å². The number of methoxy groups -OCH3 is 3. The molecule has 2 aromatic carbocycles. The maximum atomic E-state index is 13.5. The summed E-state index contributed by atoms with van der Waals surface area (Å²) >= 11 is 0. The summed E-state index contributed by atoms with van der Waals surface area (Å²) in [7, 11) is 4.64. The van der Waals surface area contributed by atoms with Crippen LogP contribution >= 0.6 is 0 Å². The first-order valence-electron chi connectivity index (χ1n) is 12.4. The molecule has 3 aromatic rings. The van der Waals surface area contributed by atoms with E-state index in [0.717, 1.165) is 32.0 Å². The lowest BCUT2D eigenvalue weighted by molar-refractivity contribution is 0.101. The van der Waals surface area contributed by atoms with E-state index >= 15 is 0 Å². The van der Waals surface area contributed by atoms with Crippen LogP contribution in [0.25, 0.3) is 6.08 Å². The van der Waals surface area contributed by atoms with Gasteiger partial charge in [-0.25, -0.2) is 4.98 Å². The number of hydrogen-bond acceptors (Lipinski definition) is 9. The number of ether oxygens (including phenoxy) is 4. The van der Waals surface area contributed by atoms with Gasteiger partial charge >= 0.3 is 0 Å². The van der Waals surface area contributed by atoms with Crippen LogP contribution in [0.15, 0.2) is 48.4 Å². The van der Waals surface area contributed by atoms with E-state index in [1.54, 1.807) is 58.7 Å². The predicted octanol–water partition coefficient (Wildman–Crippen LogP) is 4.06. The van der Waals surface area contributed by atoms with Gasteiger partial charge in [-0.3, -0.25) is 9.69 Å². The molecule has 2 aliphatic heterocycles. The van der Waals surface area contributed by atoms with Crippen molar-refractivity contribution in [3.63, 3.8) is 0 Å². The molecule has 1 N–H and O–H groups in total. The number of aryl methyl sites for hydroxylation is 1. The van der Waals surface area contributed by atoms with Crippen molar-refractivity contribution in [1.82, 2.24) is 9.88 Å². The number of Topliss-reactive ketones (excluding diaryl/α,β-unsaturated/α-hetero) is 1. The van der Waals surface area contributed by atoms with E-state index in [-0.39, 0.29) is 17.3 Å². The maximum absolute atomic E-state index is 13.5. The highest BCUT2D eigenvalue weighted by molar-refractivity contribution is 6.16. The number of nitrogens with zero attached hydrogens (tertiary/aromatic N) is 3. The molecule has 1 fully saturated rings. The number of carbonyl (C=O) groups is 1. The van der Waals surface area contributed by atoms with Gasteiger partial charge in [-0.2, -0.15) is 0 Å². The monoisotopic (exact) mass is 517 g/mol. The Labute approximate surface area is 221 Å². The van der Waals surface area contributed by atoms with Crippen LogP contribution in [0.2, 0.25) is 0 Å². The fourth-order valence-corrected chi connectivity index (χ4v) is 4.94. The topological polar surface area (TPSA) is 93.6 Å². The van der Waals surface area contributed by atoms with Crippen LogP contribution in [0.4, 0.5) is 5.82 Å². The summed E-state index contributed by atoms with van der Waals surface area (Å²) in [5.41, 5.74) is 2.34. The Bertz CT molecular complexity index is 1380. The second-order valence-electron chi connectivity index (χ2n) is 9.24. The molecule has 3 heterocycles. The number of fused-ring (bicyclic) bond motifs is 1. The average Bonchev–Trinajstić information content (AvgIpc) is 3.27. The molecular weight excluding hydrogens is 486 g/mol. The molecule has 0 saturated carbocycles. The Morgan fingerprint density at radius 1 is 1.00 bits per heavy atom. The van der Waals surface area contributed by atoms with Crippen molar-refractivity contribution in [2.75, 3.05) is 52.4 Å². The van der Waals surface area contributed by atoms with Gasteiger partial charge in [0.15, 0.2) is 17.3 Å². The SMILES string of the molecule is COc1cc(OC)c(OC)cc1/C=C1\Oc2c(CN3CCN(c4ccccn4)CC3)c(O)cc(C)c2C1=O. The van der Waals surface area contributed by atoms with Gasteiger partial charge in [-0.15, -0.1) is 0 Å². The third-order valence-corrected chi connectivity index (χ3v) is 6.97. The summed E-state index contributed by atoms with van der Waals surface area (Å²) in [6.07, 6.45) is 3.43. The minimum Gasteiger partial charge on any atom is -0.507 e. The van der Waals surface area contributed by atoms with E-state index in [9.17, 15) is 9.90 Å². The van der Waals surface area contributed by atoms with Crippen molar-refractivity contribution >= 4 is 17.7 Å². The van der Waals surface area contributed by atoms with E-state index < -0.39 is 0 Å². The number of rotatable bonds is 7. The lowest BCUT2D eigenvalue weighted by Gasteiger charge is -2.35. The number of aromatic hydroxyl groups is 1. The molecule has 2 aliphatic rings. The van der Waals surface area contributed by atoms with E-state index in [2.05, 4.69) is 14.8 Å². The molecule has 0 aliphatic carbocycles. The molecule has 9 nitrogen and oxygen atoms in total. The summed E-state index contributed by atoms with van der Waals surface area (Å²) in [6, 6.07) is 11.0. The van der Waals surface area contributed by atoms with Gasteiger partial charge in [-0.05, 0) is 42.8 Å². The predicted molar refractivity (Wildman–Crippen MR) is 144 cm³/mol. The fourth-order valence-electron chi connectivity index (χ4n) is 4.94. The number of hydrogen-bond donors (Lipinski definition) is 1. The number of ketones is 1. The molecule has 9 heteroatoms. The fraction of sp³-hybridized carbons (Fsp3) is 0.310. The lowest BCUT2D eigenvalue weighted by Crippen LogP contribution is -2.46. The summed E-state index contributed by atoms with van der Waals surface area (Å²) in [5.74, 6) is 2.92. The smallest absolute Gasteiger partial charge is 0.232 e. The Morgan fingerprint density at radius 2 is 1.71 bits per heavy atom. The van der Waals surface area contributed by atoms with Gasteiger partial charge in [-0.1, -0.05) is 6.07 Å². The highest BCUT2D eigenvalue weighted by atomic mass is 16.5. The zero-order valence-corrected chi connectivity index (χ0v) is 22.0. The molecule has 0 atom stereocenters. The first-order chi connectivity index (χ1) is 18.4. The highest BCUT2D eigenvalue weighted by Crippen LogP contribution is 2.43. The molecule has 198 valence electrons. The van der Waals surface area contributed by atoms with Crippen molar-refractivity contribution < 1.29 is 28.8 Å². The van der Waals surface area contributed by atoms with Crippen LogP contribution in [-0.2, 0) is 6.54 Å². The second kappa shape index (κ2) is 10.6. The zero-order chi connectivity index (χ0) is 26.8. The van der Waals surface area contributed by atoms with E-state index in [4.69, 9.17) is 18.9 Å². The maximum Gasteiger partial charge on any atom is 0.232 e. The van der Waals surface area contributed by atoms with E-state index in [1.807, 2.05) is 18.2 Å². The summed E-state index contributed by atoms with van der Waals surface area (Å²) in [4.78, 5) is 22.4. The highest BCUT2D eigenvalue weighted by Gasteiger charge is 2.34. The Balaban J connectivity index is 1.41. The van der Waals surface area contributed by atoms with Crippen LogP contribution < -0.4 is 23.8 Å². The Morgan fingerprint density at radius 3 is 2.37 bits per heavy atom. The molecule has 0 bridgehead atoms. The first-order valence-corrected chi connectivity index (χ1v) is 12.4. The van der Waals surface area contributed by atoms with Crippen molar-refractivity contribution in [1.29, 1.82) is 0 Å². The molecular formula is C29H31N3O6. The molecule has 1 saturated heterocycles. The molecule has 1 aromatic heterocycles. The van der Waals surface area contributed by atoms with Gasteiger partial charge in [0.05, 0.1) is 32.5 Å². The Hall–Kier alpha value is -4.24. The van der Waals surface area contributed by atoms with E-state index in [1.165, 1.54) is 0 Å². The standard InChI is InChI=1S/C29H31N3O6/c1-18-13-21(33)20(17-31-9-11-32(12-10-31)26-7-5-6-8-30-26)29-27(18)28(34)25(38-29)15-19-14-23(36-3)24(37-4)16-22(19)35-2/h5-8,13-16,33H,9-12,17H2,1-4H3/b25-15-. The van der Waals surface area contributed by atoms with Crippen molar-refractivity contribution in [2.45, 2.75) is 13.5 Å². The number of carbonyl (C=O) groups excluding carboxylic acids is 1. The minimum atomic E-state index is -0.240. The quantitative estimate of drug-likeness (QED) is 0.466. The normalized spacial score (nSPS) is 16.4. The minimum absolute atomic E-state index is 0.117. The van der Waals surface area contributed by atoms with Crippen LogP contribution in [-0.4, -0.2) is 68.3 Å². The average molecular weight is 518 g/mol. The van der Waals surface area contributed by atoms with Crippen LogP contribution in [0, 0.1) is 6.92 Å². The number of aromatic nitrogens is 1. The number of piperazine rings is 1. The number of anilines is 1. The summed E-state index contributed by atoms with van der Waals surface area (Å²) in [6.45, 7) is 5.47.